The third-order valence-corrected chi connectivity index (χ3v) is 7.69. The van der Waals surface area contributed by atoms with Crippen LogP contribution >= 0.6 is 23.1 Å². The van der Waals surface area contributed by atoms with Crippen molar-refractivity contribution < 1.29 is 4.79 Å². The summed E-state index contributed by atoms with van der Waals surface area (Å²) in [5.74, 6) is 0.174. The van der Waals surface area contributed by atoms with Crippen molar-refractivity contribution in [3.63, 3.8) is 0 Å². The summed E-state index contributed by atoms with van der Waals surface area (Å²) in [6.07, 6.45) is 8.05. The molecule has 1 aliphatic heterocycles. The van der Waals surface area contributed by atoms with Gasteiger partial charge >= 0.3 is 0 Å². The molecule has 3 aromatic rings. The van der Waals surface area contributed by atoms with Crippen molar-refractivity contribution in [3.05, 3.63) is 65.4 Å². The van der Waals surface area contributed by atoms with Gasteiger partial charge in [-0.1, -0.05) is 6.07 Å². The molecule has 0 bridgehead atoms. The number of hydrogen-bond acceptors (Lipinski definition) is 5. The predicted octanol–water partition coefficient (Wildman–Crippen LogP) is 4.41. The summed E-state index contributed by atoms with van der Waals surface area (Å²) < 4.78 is 2.18. The fourth-order valence-electron chi connectivity index (χ4n) is 3.78. The summed E-state index contributed by atoms with van der Waals surface area (Å²) in [6.45, 7) is 6.03. The van der Waals surface area contributed by atoms with E-state index in [2.05, 4.69) is 56.2 Å². The molecule has 158 valence electrons. The number of nitrogens with zero attached hydrogens (tertiary/aromatic N) is 4. The molecule has 2 aromatic heterocycles. The first-order chi connectivity index (χ1) is 14.7. The van der Waals surface area contributed by atoms with Crippen LogP contribution in [-0.2, 0) is 17.8 Å². The zero-order valence-electron chi connectivity index (χ0n) is 17.3. The zero-order valence-corrected chi connectivity index (χ0v) is 18.9. The van der Waals surface area contributed by atoms with Gasteiger partial charge in [-0.2, -0.15) is 0 Å². The summed E-state index contributed by atoms with van der Waals surface area (Å²) in [6, 6.07) is 13.3. The van der Waals surface area contributed by atoms with Crippen molar-refractivity contribution in [3.8, 4) is 0 Å². The van der Waals surface area contributed by atoms with E-state index in [0.717, 1.165) is 45.6 Å². The standard InChI is InChI=1S/C23H28N4OS2/c1-19(28)26-12-14-27(15-13-26)20-4-6-22(7-5-20)30-23(17-25-11-10-24-18-25)9-8-21-3-2-16-29-21/h2-7,10-11,16,18,23H,8-9,12-15,17H2,1H3. The Bertz CT molecular complexity index is 901. The Morgan fingerprint density at radius 2 is 1.97 bits per heavy atom. The van der Waals surface area contributed by atoms with Gasteiger partial charge in [0, 0.05) is 72.8 Å². The van der Waals surface area contributed by atoms with Crippen molar-refractivity contribution >= 4 is 34.7 Å². The second-order valence-electron chi connectivity index (χ2n) is 7.60. The fourth-order valence-corrected chi connectivity index (χ4v) is 5.67. The number of thioether (sulfide) groups is 1. The third kappa shape index (κ3) is 5.67. The van der Waals surface area contributed by atoms with Gasteiger partial charge in [-0.3, -0.25) is 4.79 Å². The van der Waals surface area contributed by atoms with Crippen LogP contribution in [0.2, 0.25) is 0 Å². The molecule has 1 aromatic carbocycles. The third-order valence-electron chi connectivity index (χ3n) is 5.50. The van der Waals surface area contributed by atoms with Crippen molar-refractivity contribution in [2.24, 2.45) is 0 Å². The van der Waals surface area contributed by atoms with Crippen LogP contribution in [0.1, 0.15) is 18.2 Å². The number of thiophene rings is 1. The van der Waals surface area contributed by atoms with E-state index < -0.39 is 0 Å². The Morgan fingerprint density at radius 1 is 1.17 bits per heavy atom. The minimum atomic E-state index is 0.174. The van der Waals surface area contributed by atoms with E-state index in [4.69, 9.17) is 0 Å². The molecule has 1 unspecified atom stereocenters. The van der Waals surface area contributed by atoms with Crippen molar-refractivity contribution in [1.29, 1.82) is 0 Å². The number of anilines is 1. The van der Waals surface area contributed by atoms with Crippen LogP contribution in [0.4, 0.5) is 5.69 Å². The van der Waals surface area contributed by atoms with Gasteiger partial charge in [0.1, 0.15) is 0 Å². The van der Waals surface area contributed by atoms with Crippen molar-refractivity contribution in [2.75, 3.05) is 31.1 Å². The van der Waals surface area contributed by atoms with Crippen LogP contribution in [0.15, 0.2) is 65.4 Å². The summed E-state index contributed by atoms with van der Waals surface area (Å²) in [4.78, 5) is 22.8. The van der Waals surface area contributed by atoms with Gasteiger partial charge in [-0.25, -0.2) is 4.98 Å². The van der Waals surface area contributed by atoms with E-state index in [-0.39, 0.29) is 5.91 Å². The minimum absolute atomic E-state index is 0.174. The molecule has 1 fully saturated rings. The average molecular weight is 441 g/mol. The van der Waals surface area contributed by atoms with Crippen LogP contribution in [0.3, 0.4) is 0 Å². The first kappa shape index (κ1) is 21.0. The molecule has 7 heteroatoms. The minimum Gasteiger partial charge on any atom is -0.368 e. The van der Waals surface area contributed by atoms with Gasteiger partial charge in [-0.15, -0.1) is 23.1 Å². The van der Waals surface area contributed by atoms with E-state index in [1.807, 2.05) is 46.7 Å². The maximum atomic E-state index is 11.5. The Kier molecular flexibility index (Phi) is 7.12. The first-order valence-corrected chi connectivity index (χ1v) is 12.2. The van der Waals surface area contributed by atoms with E-state index >= 15 is 0 Å². The van der Waals surface area contributed by atoms with E-state index in [1.165, 1.54) is 15.5 Å². The number of aromatic nitrogens is 2. The molecule has 1 amide bonds. The van der Waals surface area contributed by atoms with E-state index in [0.29, 0.717) is 5.25 Å². The number of piperazine rings is 1. The highest BCUT2D eigenvalue weighted by Crippen LogP contribution is 2.30. The molecule has 30 heavy (non-hydrogen) atoms. The molecule has 0 N–H and O–H groups in total. The SMILES string of the molecule is CC(=O)N1CCN(c2ccc(SC(CCc3cccs3)Cn3ccnc3)cc2)CC1. The lowest BCUT2D eigenvalue weighted by Crippen LogP contribution is -2.48. The molecule has 1 saturated heterocycles. The first-order valence-electron chi connectivity index (χ1n) is 10.4. The Hall–Kier alpha value is -2.25. The highest BCUT2D eigenvalue weighted by molar-refractivity contribution is 8.00. The number of carbonyl (C=O) groups excluding carboxylic acids is 1. The molecule has 1 aliphatic rings. The summed E-state index contributed by atoms with van der Waals surface area (Å²) in [5, 5.41) is 2.65. The second kappa shape index (κ2) is 10.2. The number of imidazole rings is 1. The fraction of sp³-hybridized carbons (Fsp3) is 0.391. The van der Waals surface area contributed by atoms with Gasteiger partial charge in [0.25, 0.3) is 0 Å². The van der Waals surface area contributed by atoms with Gasteiger partial charge < -0.3 is 14.4 Å². The number of hydrogen-bond donors (Lipinski definition) is 0. The number of carbonyl (C=O) groups is 1. The number of benzene rings is 1. The molecule has 1 atom stereocenters. The molecular weight excluding hydrogens is 412 g/mol. The lowest BCUT2D eigenvalue weighted by Gasteiger charge is -2.35. The molecule has 0 aliphatic carbocycles. The maximum absolute atomic E-state index is 11.5. The molecular formula is C23H28N4OS2. The van der Waals surface area contributed by atoms with Gasteiger partial charge in [0.15, 0.2) is 0 Å². The summed E-state index contributed by atoms with van der Waals surface area (Å²) in [5.41, 5.74) is 1.24. The topological polar surface area (TPSA) is 41.4 Å². The highest BCUT2D eigenvalue weighted by atomic mass is 32.2. The lowest BCUT2D eigenvalue weighted by atomic mass is 10.2. The van der Waals surface area contributed by atoms with E-state index in [9.17, 15) is 4.79 Å². The van der Waals surface area contributed by atoms with Gasteiger partial charge in [0.05, 0.1) is 6.33 Å². The maximum Gasteiger partial charge on any atom is 0.219 e. The predicted molar refractivity (Wildman–Crippen MR) is 125 cm³/mol. The smallest absolute Gasteiger partial charge is 0.219 e. The number of aryl methyl sites for hydroxylation is 1. The van der Waals surface area contributed by atoms with Crippen LogP contribution < -0.4 is 4.90 Å². The molecule has 0 radical (unpaired) electrons. The largest absolute Gasteiger partial charge is 0.368 e. The average Bonchev–Trinajstić information content (AvgIpc) is 3.47. The Balaban J connectivity index is 1.36. The number of rotatable bonds is 8. The molecule has 4 rings (SSSR count). The lowest BCUT2D eigenvalue weighted by molar-refractivity contribution is -0.129. The van der Waals surface area contributed by atoms with Crippen molar-refractivity contribution in [1.82, 2.24) is 14.5 Å². The summed E-state index contributed by atoms with van der Waals surface area (Å²) >= 11 is 3.79. The van der Waals surface area contributed by atoms with E-state index in [1.54, 1.807) is 6.92 Å². The normalized spacial score (nSPS) is 15.4. The van der Waals surface area contributed by atoms with Crippen LogP contribution in [0, 0.1) is 0 Å². The van der Waals surface area contributed by atoms with Crippen LogP contribution in [0.25, 0.3) is 0 Å². The Labute approximate surface area is 186 Å². The van der Waals surface area contributed by atoms with Gasteiger partial charge in [0.2, 0.25) is 5.91 Å². The second-order valence-corrected chi connectivity index (χ2v) is 10.0. The molecule has 5 nitrogen and oxygen atoms in total. The monoisotopic (exact) mass is 440 g/mol. The Morgan fingerprint density at radius 3 is 2.60 bits per heavy atom. The van der Waals surface area contributed by atoms with Crippen LogP contribution in [0.5, 0.6) is 0 Å². The van der Waals surface area contributed by atoms with Crippen LogP contribution in [-0.4, -0.2) is 51.8 Å². The van der Waals surface area contributed by atoms with Gasteiger partial charge in [-0.05, 0) is 48.6 Å². The highest BCUT2D eigenvalue weighted by Gasteiger charge is 2.19. The molecule has 3 heterocycles. The van der Waals surface area contributed by atoms with Crippen molar-refractivity contribution in [2.45, 2.75) is 36.5 Å². The molecule has 0 saturated carbocycles. The zero-order chi connectivity index (χ0) is 20.8. The summed E-state index contributed by atoms with van der Waals surface area (Å²) in [7, 11) is 0. The molecule has 0 spiro atoms. The quantitative estimate of drug-likeness (QED) is 0.487. The number of amides is 1.